The number of aromatic nitrogens is 1. The lowest BCUT2D eigenvalue weighted by Crippen LogP contribution is -2.19. The molecule has 490 valence electrons. The summed E-state index contributed by atoms with van der Waals surface area (Å²) in [6.07, 6.45) is 0. The van der Waals surface area contributed by atoms with Crippen LogP contribution in [0.2, 0.25) is 0 Å². The summed E-state index contributed by atoms with van der Waals surface area (Å²) in [4.78, 5) is 5.09. The molecule has 17 rings (SSSR count). The highest BCUT2D eigenvalue weighted by Crippen LogP contribution is 2.56. The molecular formula is C96H79N3O2. The molecule has 5 nitrogen and oxygen atoms in total. The van der Waals surface area contributed by atoms with Gasteiger partial charge in [-0.2, -0.15) is 0 Å². The Bertz CT molecular complexity index is 5910. The fraction of sp³-hybridized carbons (Fsp3) is 0.125. The molecule has 14 aromatic carbocycles. The van der Waals surface area contributed by atoms with Crippen molar-refractivity contribution < 1.29 is 8.83 Å². The molecule has 17 aromatic rings. The van der Waals surface area contributed by atoms with Gasteiger partial charge in [0, 0.05) is 72.2 Å². The first kappa shape index (κ1) is 62.6. The van der Waals surface area contributed by atoms with E-state index in [1.54, 1.807) is 0 Å². The second kappa shape index (κ2) is 24.5. The van der Waals surface area contributed by atoms with E-state index in [0.29, 0.717) is 0 Å². The third-order valence-corrected chi connectivity index (χ3v) is 20.4. The highest BCUT2D eigenvalue weighted by molar-refractivity contribution is 6.23. The van der Waals surface area contributed by atoms with Gasteiger partial charge in [-0.25, -0.2) is 0 Å². The number of rotatable bonds is 12. The highest BCUT2D eigenvalue weighted by atomic mass is 16.3. The van der Waals surface area contributed by atoms with Crippen molar-refractivity contribution in [2.45, 2.75) is 78.6 Å². The van der Waals surface area contributed by atoms with Crippen LogP contribution in [0, 0.1) is 0 Å². The first-order valence-corrected chi connectivity index (χ1v) is 35.3. The second-order valence-corrected chi connectivity index (χ2v) is 30.1. The van der Waals surface area contributed by atoms with Crippen LogP contribution in [0.15, 0.2) is 324 Å². The van der Waals surface area contributed by atoms with Crippen LogP contribution in [0.4, 0.5) is 34.1 Å². The molecule has 0 aliphatic heterocycles. The van der Waals surface area contributed by atoms with Gasteiger partial charge in [-0.1, -0.05) is 281 Å². The third-order valence-electron chi connectivity index (χ3n) is 20.4. The molecule has 0 saturated carbocycles. The Morgan fingerprint density at radius 2 is 0.634 bits per heavy atom. The predicted molar refractivity (Wildman–Crippen MR) is 428 cm³/mol. The fourth-order valence-corrected chi connectivity index (χ4v) is 15.1. The van der Waals surface area contributed by atoms with Gasteiger partial charge in [-0.3, -0.25) is 0 Å². The molecule has 0 atom stereocenters. The summed E-state index contributed by atoms with van der Waals surface area (Å²) in [5.74, 6) is 0. The largest absolute Gasteiger partial charge is 0.455 e. The van der Waals surface area contributed by atoms with Crippen molar-refractivity contribution >= 4 is 99.8 Å². The zero-order valence-corrected chi connectivity index (χ0v) is 58.7. The van der Waals surface area contributed by atoms with Crippen LogP contribution in [-0.4, -0.2) is 4.57 Å². The molecule has 0 saturated heterocycles. The highest BCUT2D eigenvalue weighted by Gasteiger charge is 2.33. The molecule has 0 bridgehead atoms. The molecule has 101 heavy (non-hydrogen) atoms. The number of benzene rings is 14. The molecule has 0 N–H and O–H groups in total. The summed E-state index contributed by atoms with van der Waals surface area (Å²) in [6, 6.07) is 116. The zero-order chi connectivity index (χ0) is 68.9. The topological polar surface area (TPSA) is 37.7 Å². The minimum Gasteiger partial charge on any atom is -0.455 e. The van der Waals surface area contributed by atoms with Crippen molar-refractivity contribution in [3.8, 4) is 61.3 Å². The summed E-state index contributed by atoms with van der Waals surface area (Å²) in [5.41, 5.74) is 26.5. The molecular weight excluding hydrogens is 1230 g/mol. The molecule has 0 aliphatic rings. The maximum absolute atomic E-state index is 7.35. The smallest absolute Gasteiger partial charge is 0.145 e. The summed E-state index contributed by atoms with van der Waals surface area (Å²) in [7, 11) is 0. The first-order chi connectivity index (χ1) is 49.0. The molecule has 0 radical (unpaired) electrons. The van der Waals surface area contributed by atoms with E-state index >= 15 is 0 Å². The van der Waals surface area contributed by atoms with E-state index in [1.807, 2.05) is 0 Å². The Morgan fingerprint density at radius 1 is 0.257 bits per heavy atom. The Balaban J connectivity index is 1.02. The van der Waals surface area contributed by atoms with Crippen LogP contribution in [-0.2, 0) is 16.2 Å². The third kappa shape index (κ3) is 11.1. The van der Waals surface area contributed by atoms with Gasteiger partial charge in [0.15, 0.2) is 0 Å². The maximum Gasteiger partial charge on any atom is 0.145 e. The van der Waals surface area contributed by atoms with Crippen molar-refractivity contribution in [2.24, 2.45) is 0 Å². The number of anilines is 6. The van der Waals surface area contributed by atoms with Gasteiger partial charge in [0.1, 0.15) is 22.3 Å². The van der Waals surface area contributed by atoms with Gasteiger partial charge >= 0.3 is 0 Å². The molecule has 3 aromatic heterocycles. The van der Waals surface area contributed by atoms with Crippen molar-refractivity contribution in [3.63, 3.8) is 0 Å². The van der Waals surface area contributed by atoms with Crippen LogP contribution in [0.5, 0.6) is 0 Å². The van der Waals surface area contributed by atoms with E-state index in [2.05, 4.69) is 392 Å². The number of para-hydroxylation sites is 2. The SMILES string of the molecule is CC(C)(C)c1cc(N(c2ccc(-c3ccccc3)cc2)c2c(-c3ccccc3)cc(-c3ccccc3)c3oc4ccccc4c23)cc(N(c2cccc(-n3c4ccc(C(C)(C)C)cc4c4cc(C(C)(C)C)ccc43)c2)c2c(-c3ccccc3)cc(-c3ccccc3)c3oc4ccccc4c23)c1. The average Bonchev–Trinajstić information content (AvgIpc) is 1.67. The Morgan fingerprint density at radius 3 is 1.06 bits per heavy atom. The molecule has 0 amide bonds. The summed E-state index contributed by atoms with van der Waals surface area (Å²) < 4.78 is 17.1. The summed E-state index contributed by atoms with van der Waals surface area (Å²) in [5, 5.41) is 6.55. The number of hydrogen-bond acceptors (Lipinski definition) is 4. The molecule has 0 unspecified atom stereocenters. The van der Waals surface area contributed by atoms with Crippen LogP contribution in [0.25, 0.3) is 127 Å². The Labute approximate surface area is 591 Å². The molecule has 0 aliphatic carbocycles. The minimum atomic E-state index is -0.379. The lowest BCUT2D eigenvalue weighted by atomic mass is 9.85. The van der Waals surface area contributed by atoms with Gasteiger partial charge < -0.3 is 23.2 Å². The number of fused-ring (bicyclic) bond motifs is 9. The number of nitrogens with zero attached hydrogens (tertiary/aromatic N) is 3. The zero-order valence-electron chi connectivity index (χ0n) is 58.7. The Hall–Kier alpha value is -11.9. The molecule has 0 spiro atoms. The van der Waals surface area contributed by atoms with E-state index < -0.39 is 0 Å². The van der Waals surface area contributed by atoms with Gasteiger partial charge in [0.2, 0.25) is 0 Å². The van der Waals surface area contributed by atoms with E-state index in [9.17, 15) is 0 Å². The van der Waals surface area contributed by atoms with Gasteiger partial charge in [0.25, 0.3) is 0 Å². The summed E-state index contributed by atoms with van der Waals surface area (Å²) >= 11 is 0. The fourth-order valence-electron chi connectivity index (χ4n) is 15.1. The van der Waals surface area contributed by atoms with E-state index in [-0.39, 0.29) is 16.2 Å². The monoisotopic (exact) mass is 1310 g/mol. The van der Waals surface area contributed by atoms with Crippen molar-refractivity contribution in [1.82, 2.24) is 4.57 Å². The maximum atomic E-state index is 7.35. The van der Waals surface area contributed by atoms with Gasteiger partial charge in [-0.15, -0.1) is 0 Å². The first-order valence-electron chi connectivity index (χ1n) is 35.3. The standard InChI is InChI=1S/C96H79N3O2/c1-94(2,3)68-48-52-84-82(56-68)83-57-69(95(4,5)6)49-53-85(83)99(84)73-41-29-40-72(58-73)98(91-79(65-34-19-12-20-35-65)61-81(67-38-23-14-24-39-67)93-89(91)77-43-26-28-45-87(77)101-93)75-55-70(96(7,8)9)54-74(59-75)97(71-50-46-63(47-51-71)62-30-15-10-16-31-62)90-78(64-32-17-11-18-33-64)60-80(66-36-21-13-22-37-66)92-88(90)76-42-25-27-44-86(76)100-92/h10-61H,1-9H3. The van der Waals surface area contributed by atoms with E-state index in [4.69, 9.17) is 8.83 Å². The normalized spacial score (nSPS) is 12.2. The Kier molecular flexibility index (Phi) is 15.2. The summed E-state index contributed by atoms with van der Waals surface area (Å²) in [6.45, 7) is 20.9. The predicted octanol–water partition coefficient (Wildman–Crippen LogP) is 27.7. The van der Waals surface area contributed by atoms with E-state index in [1.165, 1.54) is 21.9 Å². The molecule has 5 heteroatoms. The van der Waals surface area contributed by atoms with Crippen LogP contribution < -0.4 is 9.80 Å². The van der Waals surface area contributed by atoms with Crippen molar-refractivity contribution in [1.29, 1.82) is 0 Å². The van der Waals surface area contributed by atoms with Crippen LogP contribution >= 0.6 is 0 Å². The minimum absolute atomic E-state index is 0.0610. The second-order valence-electron chi connectivity index (χ2n) is 30.1. The van der Waals surface area contributed by atoms with Crippen molar-refractivity contribution in [2.75, 3.05) is 9.80 Å². The van der Waals surface area contributed by atoms with E-state index in [0.717, 1.165) is 156 Å². The average molecular weight is 1310 g/mol. The molecule has 3 heterocycles. The molecule has 0 fully saturated rings. The van der Waals surface area contributed by atoms with Gasteiger partial charge in [-0.05, 0) is 163 Å². The lowest BCUT2D eigenvalue weighted by molar-refractivity contribution is 0.590. The van der Waals surface area contributed by atoms with Gasteiger partial charge in [0.05, 0.1) is 33.2 Å². The number of hydrogen-bond donors (Lipinski definition) is 0. The number of furan rings is 2. The van der Waals surface area contributed by atoms with Crippen LogP contribution in [0.3, 0.4) is 0 Å². The van der Waals surface area contributed by atoms with Crippen LogP contribution in [0.1, 0.15) is 79.0 Å². The quantitative estimate of drug-likeness (QED) is 0.122. The lowest BCUT2D eigenvalue weighted by Gasteiger charge is -2.34. The van der Waals surface area contributed by atoms with Crippen molar-refractivity contribution in [3.05, 3.63) is 332 Å².